The molecule has 3 aromatic rings. The van der Waals surface area contributed by atoms with E-state index in [0.29, 0.717) is 18.8 Å². The molecule has 3 heterocycles. The van der Waals surface area contributed by atoms with Gasteiger partial charge in [0.1, 0.15) is 17.2 Å². The zero-order valence-corrected chi connectivity index (χ0v) is 13.1. The van der Waals surface area contributed by atoms with E-state index in [1.54, 1.807) is 24.5 Å². The first-order valence-corrected chi connectivity index (χ1v) is 7.94. The van der Waals surface area contributed by atoms with E-state index < -0.39 is 0 Å². The van der Waals surface area contributed by atoms with E-state index in [1.807, 2.05) is 27.5 Å². The lowest BCUT2D eigenvalue weighted by Crippen LogP contribution is -2.49. The molecule has 1 aliphatic rings. The number of fused-ring (bicyclic) bond motifs is 1. The minimum Gasteiger partial charge on any atom is -0.368 e. The summed E-state index contributed by atoms with van der Waals surface area (Å²) in [5.41, 5.74) is 2.38. The number of imidazole rings is 1. The molecule has 24 heavy (non-hydrogen) atoms. The number of halogens is 1. The van der Waals surface area contributed by atoms with Crippen molar-refractivity contribution in [3.8, 4) is 0 Å². The van der Waals surface area contributed by atoms with E-state index in [1.165, 1.54) is 12.1 Å². The van der Waals surface area contributed by atoms with E-state index in [4.69, 9.17) is 0 Å². The van der Waals surface area contributed by atoms with Crippen LogP contribution in [0, 0.1) is 5.82 Å². The molecule has 1 aromatic carbocycles. The quantitative estimate of drug-likeness (QED) is 0.727. The number of carbonyl (C=O) groups excluding carboxylic acids is 1. The predicted molar refractivity (Wildman–Crippen MR) is 89.7 cm³/mol. The Morgan fingerprint density at radius 1 is 1.00 bits per heavy atom. The predicted octanol–water partition coefficient (Wildman–Crippen LogP) is 2.44. The Hall–Kier alpha value is -2.89. The van der Waals surface area contributed by atoms with Crippen molar-refractivity contribution in [1.29, 1.82) is 0 Å². The molecule has 0 N–H and O–H groups in total. The van der Waals surface area contributed by atoms with E-state index in [0.717, 1.165) is 24.4 Å². The third-order valence-corrected chi connectivity index (χ3v) is 4.41. The van der Waals surface area contributed by atoms with Gasteiger partial charge in [-0.25, -0.2) is 9.37 Å². The molecular formula is C18H17FN4O. The number of aromatic nitrogens is 2. The molecular weight excluding hydrogens is 307 g/mol. The van der Waals surface area contributed by atoms with Crippen LogP contribution in [0.2, 0.25) is 0 Å². The van der Waals surface area contributed by atoms with E-state index in [-0.39, 0.29) is 11.7 Å². The number of nitrogens with zero attached hydrogens (tertiary/aromatic N) is 4. The molecule has 1 amide bonds. The second-order valence-electron chi connectivity index (χ2n) is 5.82. The molecule has 0 spiro atoms. The molecule has 1 aliphatic heterocycles. The van der Waals surface area contributed by atoms with E-state index >= 15 is 0 Å². The summed E-state index contributed by atoms with van der Waals surface area (Å²) in [7, 11) is 0. The van der Waals surface area contributed by atoms with Crippen LogP contribution in [0.1, 0.15) is 10.5 Å². The molecule has 1 saturated heterocycles. The fourth-order valence-corrected chi connectivity index (χ4v) is 3.10. The van der Waals surface area contributed by atoms with Gasteiger partial charge in [0, 0.05) is 44.3 Å². The highest BCUT2D eigenvalue weighted by molar-refractivity contribution is 5.93. The van der Waals surface area contributed by atoms with Crippen LogP contribution < -0.4 is 4.90 Å². The van der Waals surface area contributed by atoms with Gasteiger partial charge in [-0.2, -0.15) is 0 Å². The van der Waals surface area contributed by atoms with Crippen molar-refractivity contribution in [3.05, 3.63) is 66.4 Å². The summed E-state index contributed by atoms with van der Waals surface area (Å²) >= 11 is 0. The number of benzene rings is 1. The first-order valence-electron chi connectivity index (χ1n) is 7.94. The van der Waals surface area contributed by atoms with Crippen LogP contribution in [0.15, 0.2) is 54.9 Å². The summed E-state index contributed by atoms with van der Waals surface area (Å²) in [6.45, 7) is 2.75. The summed E-state index contributed by atoms with van der Waals surface area (Å²) in [4.78, 5) is 21.1. The van der Waals surface area contributed by atoms with Crippen molar-refractivity contribution in [1.82, 2.24) is 14.3 Å². The monoisotopic (exact) mass is 324 g/mol. The van der Waals surface area contributed by atoms with Crippen LogP contribution in [0.3, 0.4) is 0 Å². The highest BCUT2D eigenvalue weighted by Gasteiger charge is 2.23. The molecule has 0 radical (unpaired) electrons. The fourth-order valence-electron chi connectivity index (χ4n) is 3.10. The zero-order chi connectivity index (χ0) is 16.5. The maximum absolute atomic E-state index is 13.0. The van der Waals surface area contributed by atoms with Crippen LogP contribution in [-0.4, -0.2) is 46.4 Å². The molecule has 2 aromatic heterocycles. The van der Waals surface area contributed by atoms with Crippen LogP contribution in [-0.2, 0) is 0 Å². The first-order chi connectivity index (χ1) is 11.7. The van der Waals surface area contributed by atoms with Gasteiger partial charge in [-0.3, -0.25) is 9.20 Å². The average molecular weight is 324 g/mol. The van der Waals surface area contributed by atoms with Crippen LogP contribution in [0.4, 0.5) is 10.1 Å². The highest BCUT2D eigenvalue weighted by atomic mass is 19.1. The maximum Gasteiger partial charge on any atom is 0.271 e. The van der Waals surface area contributed by atoms with Gasteiger partial charge in [-0.1, -0.05) is 6.07 Å². The number of amides is 1. The van der Waals surface area contributed by atoms with Crippen molar-refractivity contribution < 1.29 is 9.18 Å². The number of anilines is 1. The summed E-state index contributed by atoms with van der Waals surface area (Å²) in [5, 5.41) is 0. The molecule has 1 fully saturated rings. The number of rotatable bonds is 2. The number of carbonyl (C=O) groups is 1. The number of pyridine rings is 1. The van der Waals surface area contributed by atoms with Crippen molar-refractivity contribution in [2.75, 3.05) is 31.1 Å². The average Bonchev–Trinajstić information content (AvgIpc) is 3.11. The summed E-state index contributed by atoms with van der Waals surface area (Å²) < 4.78 is 14.8. The van der Waals surface area contributed by atoms with Gasteiger partial charge < -0.3 is 9.80 Å². The van der Waals surface area contributed by atoms with Gasteiger partial charge in [0.2, 0.25) is 0 Å². The minimum atomic E-state index is -0.235. The zero-order valence-electron chi connectivity index (χ0n) is 13.1. The van der Waals surface area contributed by atoms with E-state index in [2.05, 4.69) is 9.88 Å². The number of hydrogen-bond acceptors (Lipinski definition) is 3. The topological polar surface area (TPSA) is 40.9 Å². The standard InChI is InChI=1S/C18H17FN4O/c19-14-4-6-15(7-5-14)21-10-12-22(13-11-21)18(24)16-2-1-3-17-20-8-9-23(16)17/h1-9H,10-13H2. The number of hydrogen-bond donors (Lipinski definition) is 0. The molecule has 0 bridgehead atoms. The van der Waals surface area contributed by atoms with Crippen LogP contribution in [0.5, 0.6) is 0 Å². The lowest BCUT2D eigenvalue weighted by atomic mass is 10.2. The Bertz CT molecular complexity index is 866. The van der Waals surface area contributed by atoms with Gasteiger partial charge in [0.25, 0.3) is 5.91 Å². The Morgan fingerprint density at radius 3 is 2.50 bits per heavy atom. The maximum atomic E-state index is 13.0. The second-order valence-corrected chi connectivity index (χ2v) is 5.82. The van der Waals surface area contributed by atoms with Gasteiger partial charge in [-0.05, 0) is 36.4 Å². The molecule has 0 unspecified atom stereocenters. The summed E-state index contributed by atoms with van der Waals surface area (Å²) in [6.07, 6.45) is 3.50. The van der Waals surface area contributed by atoms with Crippen molar-refractivity contribution in [2.45, 2.75) is 0 Å². The third-order valence-electron chi connectivity index (χ3n) is 4.41. The molecule has 5 nitrogen and oxygen atoms in total. The lowest BCUT2D eigenvalue weighted by Gasteiger charge is -2.36. The van der Waals surface area contributed by atoms with Crippen molar-refractivity contribution in [2.24, 2.45) is 0 Å². The minimum absolute atomic E-state index is 0.0114. The van der Waals surface area contributed by atoms with Gasteiger partial charge >= 0.3 is 0 Å². The van der Waals surface area contributed by atoms with Crippen molar-refractivity contribution in [3.63, 3.8) is 0 Å². The van der Waals surface area contributed by atoms with Gasteiger partial charge in [0.15, 0.2) is 0 Å². The highest BCUT2D eigenvalue weighted by Crippen LogP contribution is 2.18. The first kappa shape index (κ1) is 14.7. The molecule has 0 atom stereocenters. The molecule has 0 aliphatic carbocycles. The number of piperazine rings is 1. The van der Waals surface area contributed by atoms with Gasteiger partial charge in [-0.15, -0.1) is 0 Å². The largest absolute Gasteiger partial charge is 0.368 e. The third kappa shape index (κ3) is 2.60. The fraction of sp³-hybridized carbons (Fsp3) is 0.222. The molecule has 0 saturated carbocycles. The smallest absolute Gasteiger partial charge is 0.271 e. The Labute approximate surface area is 138 Å². The molecule has 6 heteroatoms. The van der Waals surface area contributed by atoms with Crippen molar-refractivity contribution >= 4 is 17.2 Å². The molecule has 4 rings (SSSR count). The Kier molecular flexibility index (Phi) is 3.65. The van der Waals surface area contributed by atoms with E-state index in [9.17, 15) is 9.18 Å². The van der Waals surface area contributed by atoms with Crippen LogP contribution in [0.25, 0.3) is 5.65 Å². The van der Waals surface area contributed by atoms with Crippen LogP contribution >= 0.6 is 0 Å². The summed E-state index contributed by atoms with van der Waals surface area (Å²) in [6, 6.07) is 12.0. The second kappa shape index (κ2) is 5.96. The van der Waals surface area contributed by atoms with Gasteiger partial charge in [0.05, 0.1) is 0 Å². The SMILES string of the molecule is O=C(c1cccc2nccn12)N1CCN(c2ccc(F)cc2)CC1. The Morgan fingerprint density at radius 2 is 1.75 bits per heavy atom. The Balaban J connectivity index is 1.48. The lowest BCUT2D eigenvalue weighted by molar-refractivity contribution is 0.0739. The molecule has 122 valence electrons. The normalized spacial score (nSPS) is 15.0. The summed E-state index contributed by atoms with van der Waals surface area (Å²) in [5.74, 6) is -0.224.